The van der Waals surface area contributed by atoms with Crippen molar-refractivity contribution in [2.45, 2.75) is 50.6 Å². The number of nitrogens with one attached hydrogen (secondary N) is 3. The Hall–Kier alpha value is -3.00. The smallest absolute Gasteiger partial charge is 0.331 e. The molecule has 1 aliphatic carbocycles. The SMILES string of the molecule is COc1ccc2[nH]c3c(c2c1)CCNC3c1c(O)n(C2CCCCC2)c(=O)[nH]c1=O. The van der Waals surface area contributed by atoms with Gasteiger partial charge in [-0.25, -0.2) is 4.79 Å². The zero-order valence-corrected chi connectivity index (χ0v) is 17.0. The molecule has 1 aromatic carbocycles. The van der Waals surface area contributed by atoms with Crippen molar-refractivity contribution >= 4 is 10.9 Å². The van der Waals surface area contributed by atoms with E-state index in [1.165, 1.54) is 4.57 Å². The van der Waals surface area contributed by atoms with E-state index in [2.05, 4.69) is 15.3 Å². The van der Waals surface area contributed by atoms with Crippen molar-refractivity contribution in [3.63, 3.8) is 0 Å². The van der Waals surface area contributed by atoms with E-state index >= 15 is 0 Å². The molecule has 2 aromatic heterocycles. The van der Waals surface area contributed by atoms with Crippen LogP contribution in [0.4, 0.5) is 0 Å². The van der Waals surface area contributed by atoms with Crippen LogP contribution in [0.5, 0.6) is 11.6 Å². The summed E-state index contributed by atoms with van der Waals surface area (Å²) in [5.74, 6) is 0.545. The van der Waals surface area contributed by atoms with Gasteiger partial charge in [-0.1, -0.05) is 19.3 Å². The van der Waals surface area contributed by atoms with Gasteiger partial charge in [-0.3, -0.25) is 14.3 Å². The second kappa shape index (κ2) is 7.36. The van der Waals surface area contributed by atoms with Gasteiger partial charge in [-0.2, -0.15) is 0 Å². The summed E-state index contributed by atoms with van der Waals surface area (Å²) < 4.78 is 6.75. The average molecular weight is 410 g/mol. The lowest BCUT2D eigenvalue weighted by molar-refractivity contribution is 0.293. The molecule has 1 atom stereocenters. The van der Waals surface area contributed by atoms with E-state index in [4.69, 9.17) is 4.74 Å². The maximum Gasteiger partial charge on any atom is 0.331 e. The van der Waals surface area contributed by atoms with Gasteiger partial charge >= 0.3 is 5.69 Å². The van der Waals surface area contributed by atoms with Crippen LogP contribution in [0.1, 0.15) is 61.0 Å². The number of fused-ring (bicyclic) bond motifs is 3. The standard InChI is InChI=1S/C22H26N4O4/c1-30-13-7-8-16-15(11-13)14-9-10-23-19(18(14)24-16)17-20(27)25-22(29)26(21(17)28)12-5-3-2-4-6-12/h7-8,11-12,19,23-24,28H,2-6,9-10H2,1H3,(H,25,27,29). The first-order valence-corrected chi connectivity index (χ1v) is 10.6. The summed E-state index contributed by atoms with van der Waals surface area (Å²) in [4.78, 5) is 31.2. The van der Waals surface area contributed by atoms with Gasteiger partial charge in [0.2, 0.25) is 5.88 Å². The number of rotatable bonds is 3. The summed E-state index contributed by atoms with van der Waals surface area (Å²) in [5.41, 5.74) is 2.00. The van der Waals surface area contributed by atoms with Crippen LogP contribution in [0, 0.1) is 0 Å². The zero-order chi connectivity index (χ0) is 20.8. The fourth-order valence-electron chi connectivity index (χ4n) is 5.07. The third-order valence-corrected chi connectivity index (χ3v) is 6.54. The number of aromatic amines is 2. The maximum atomic E-state index is 12.8. The van der Waals surface area contributed by atoms with Gasteiger partial charge in [-0.15, -0.1) is 0 Å². The van der Waals surface area contributed by atoms with Crippen molar-refractivity contribution in [1.29, 1.82) is 0 Å². The van der Waals surface area contributed by atoms with Crippen molar-refractivity contribution in [2.24, 2.45) is 0 Å². The number of H-pyrrole nitrogens is 2. The second-order valence-corrected chi connectivity index (χ2v) is 8.22. The average Bonchev–Trinajstić information content (AvgIpc) is 3.13. The van der Waals surface area contributed by atoms with E-state index in [-0.39, 0.29) is 17.5 Å². The van der Waals surface area contributed by atoms with Crippen molar-refractivity contribution in [3.8, 4) is 11.6 Å². The number of nitrogens with zero attached hydrogens (tertiary/aromatic N) is 1. The van der Waals surface area contributed by atoms with E-state index in [9.17, 15) is 14.7 Å². The second-order valence-electron chi connectivity index (χ2n) is 8.22. The maximum absolute atomic E-state index is 12.8. The quantitative estimate of drug-likeness (QED) is 0.530. The summed E-state index contributed by atoms with van der Waals surface area (Å²) in [6.07, 6.45) is 5.61. The number of benzene rings is 1. The Labute approximate surface area is 172 Å². The highest BCUT2D eigenvalue weighted by Crippen LogP contribution is 2.37. The van der Waals surface area contributed by atoms with E-state index < -0.39 is 17.3 Å². The highest BCUT2D eigenvalue weighted by molar-refractivity contribution is 5.86. The molecule has 8 heteroatoms. The Morgan fingerprint density at radius 1 is 1.13 bits per heavy atom. The predicted molar refractivity (Wildman–Crippen MR) is 114 cm³/mol. The number of methoxy groups -OCH3 is 1. The third-order valence-electron chi connectivity index (χ3n) is 6.54. The zero-order valence-electron chi connectivity index (χ0n) is 17.0. The van der Waals surface area contributed by atoms with E-state index in [0.717, 1.165) is 66.4 Å². The number of hydrogen-bond donors (Lipinski definition) is 4. The first-order chi connectivity index (χ1) is 14.6. The molecule has 158 valence electrons. The van der Waals surface area contributed by atoms with Crippen LogP contribution in [-0.2, 0) is 6.42 Å². The molecule has 3 aromatic rings. The van der Waals surface area contributed by atoms with E-state index in [1.807, 2.05) is 18.2 Å². The molecule has 0 radical (unpaired) electrons. The van der Waals surface area contributed by atoms with E-state index in [1.54, 1.807) is 7.11 Å². The normalized spacial score (nSPS) is 19.7. The Kier molecular flexibility index (Phi) is 4.66. The lowest BCUT2D eigenvalue weighted by atomic mass is 9.93. The molecule has 1 fully saturated rings. The Morgan fingerprint density at radius 2 is 1.93 bits per heavy atom. The third kappa shape index (κ3) is 2.94. The summed E-state index contributed by atoms with van der Waals surface area (Å²) in [6.45, 7) is 0.656. The molecule has 1 unspecified atom stereocenters. The Bertz CT molecular complexity index is 1220. The molecule has 3 heterocycles. The van der Waals surface area contributed by atoms with Gasteiger partial charge < -0.3 is 20.1 Å². The molecule has 1 aliphatic heterocycles. The number of hydrogen-bond acceptors (Lipinski definition) is 5. The Morgan fingerprint density at radius 3 is 2.70 bits per heavy atom. The molecule has 30 heavy (non-hydrogen) atoms. The molecule has 0 saturated heterocycles. The fourth-order valence-corrected chi connectivity index (χ4v) is 5.07. The van der Waals surface area contributed by atoms with Gasteiger partial charge in [0.1, 0.15) is 11.3 Å². The van der Waals surface area contributed by atoms with Crippen molar-refractivity contribution in [2.75, 3.05) is 13.7 Å². The monoisotopic (exact) mass is 410 g/mol. The van der Waals surface area contributed by atoms with Crippen LogP contribution in [0.15, 0.2) is 27.8 Å². The number of aromatic nitrogens is 3. The molecule has 0 amide bonds. The molecule has 4 N–H and O–H groups in total. The topological polar surface area (TPSA) is 112 Å². The van der Waals surface area contributed by atoms with Crippen LogP contribution >= 0.6 is 0 Å². The molecule has 5 rings (SSSR count). The van der Waals surface area contributed by atoms with E-state index in [0.29, 0.717) is 6.54 Å². The minimum Gasteiger partial charge on any atom is -0.497 e. The van der Waals surface area contributed by atoms with Gasteiger partial charge in [-0.05, 0) is 43.0 Å². The molecule has 0 spiro atoms. The highest BCUT2D eigenvalue weighted by Gasteiger charge is 2.32. The first kappa shape index (κ1) is 19.0. The van der Waals surface area contributed by atoms with Crippen molar-refractivity contribution in [1.82, 2.24) is 19.9 Å². The molecular weight excluding hydrogens is 384 g/mol. The van der Waals surface area contributed by atoms with Gasteiger partial charge in [0.05, 0.1) is 13.2 Å². The summed E-state index contributed by atoms with van der Waals surface area (Å²) in [6, 6.07) is 5.22. The van der Waals surface area contributed by atoms with Crippen molar-refractivity contribution in [3.05, 3.63) is 55.9 Å². The van der Waals surface area contributed by atoms with Gasteiger partial charge in [0.15, 0.2) is 0 Å². The van der Waals surface area contributed by atoms with Crippen LogP contribution in [0.2, 0.25) is 0 Å². The summed E-state index contributed by atoms with van der Waals surface area (Å²) in [5, 5.41) is 15.5. The van der Waals surface area contributed by atoms with Gasteiger partial charge in [0, 0.05) is 29.2 Å². The molecule has 8 nitrogen and oxygen atoms in total. The van der Waals surface area contributed by atoms with Crippen LogP contribution in [-0.4, -0.2) is 33.3 Å². The van der Waals surface area contributed by atoms with Crippen LogP contribution < -0.4 is 21.3 Å². The highest BCUT2D eigenvalue weighted by atomic mass is 16.5. The lowest BCUT2D eigenvalue weighted by Gasteiger charge is -2.28. The van der Waals surface area contributed by atoms with Crippen molar-refractivity contribution < 1.29 is 9.84 Å². The first-order valence-electron chi connectivity index (χ1n) is 10.6. The molecule has 0 bridgehead atoms. The number of aromatic hydroxyl groups is 1. The minimum atomic E-state index is -0.550. The predicted octanol–water partition coefficient (Wildman–Crippen LogP) is 2.47. The lowest BCUT2D eigenvalue weighted by Crippen LogP contribution is -2.40. The molecule has 1 saturated carbocycles. The Balaban J connectivity index is 1.67. The van der Waals surface area contributed by atoms with Gasteiger partial charge in [0.25, 0.3) is 5.56 Å². The molecular formula is C22H26N4O4. The molecule has 2 aliphatic rings. The summed E-state index contributed by atoms with van der Waals surface area (Å²) in [7, 11) is 1.64. The number of ether oxygens (including phenoxy) is 1. The van der Waals surface area contributed by atoms with Crippen LogP contribution in [0.25, 0.3) is 10.9 Å². The minimum absolute atomic E-state index is 0.0862. The fraction of sp³-hybridized carbons (Fsp3) is 0.455. The summed E-state index contributed by atoms with van der Waals surface area (Å²) >= 11 is 0. The van der Waals surface area contributed by atoms with Crippen LogP contribution in [0.3, 0.4) is 0 Å². The largest absolute Gasteiger partial charge is 0.497 e.